The summed E-state index contributed by atoms with van der Waals surface area (Å²) >= 11 is 0. The number of benzene rings is 2. The molecule has 0 bridgehead atoms. The number of hydrogen-bond acceptors (Lipinski definition) is 3. The van der Waals surface area contributed by atoms with Crippen LogP contribution in [0.25, 0.3) is 0 Å². The minimum absolute atomic E-state index is 0.0462. The molecular formula is C20H20F3NO3. The maximum absolute atomic E-state index is 12.3. The summed E-state index contributed by atoms with van der Waals surface area (Å²) < 4.78 is 40.3. The zero-order chi connectivity index (χ0) is 19.4. The van der Waals surface area contributed by atoms with E-state index in [2.05, 4.69) is 10.1 Å². The second kappa shape index (κ2) is 8.00. The number of nitrogens with one attached hydrogen (secondary N) is 1. The van der Waals surface area contributed by atoms with Gasteiger partial charge in [0.15, 0.2) is 0 Å². The molecule has 144 valence electrons. The summed E-state index contributed by atoms with van der Waals surface area (Å²) in [5.41, 5.74) is 3.39. The van der Waals surface area contributed by atoms with Crippen LogP contribution in [0.2, 0.25) is 0 Å². The predicted molar refractivity (Wildman–Crippen MR) is 93.5 cm³/mol. The standard InChI is InChI=1S/C20H20F3NO3/c21-20(22,23)27-17-9-7-14(8-10-17)18(25)12-24-19(26)16-6-5-13-3-1-2-4-15(13)11-16/h5-11,18,25H,1-4,12H2,(H,24,26). The van der Waals surface area contributed by atoms with Crippen LogP contribution < -0.4 is 10.1 Å². The van der Waals surface area contributed by atoms with E-state index in [-0.39, 0.29) is 18.2 Å². The summed E-state index contributed by atoms with van der Waals surface area (Å²) in [6.07, 6.45) is -1.52. The van der Waals surface area contributed by atoms with E-state index in [0.29, 0.717) is 11.1 Å². The van der Waals surface area contributed by atoms with Gasteiger partial charge in [0, 0.05) is 12.1 Å². The lowest BCUT2D eigenvalue weighted by atomic mass is 9.90. The Bertz CT molecular complexity index is 803. The van der Waals surface area contributed by atoms with E-state index in [9.17, 15) is 23.1 Å². The molecular weight excluding hydrogens is 359 g/mol. The number of halogens is 3. The summed E-state index contributed by atoms with van der Waals surface area (Å²) in [5, 5.41) is 12.8. The predicted octanol–water partition coefficient (Wildman–Crippen LogP) is 3.93. The van der Waals surface area contributed by atoms with Gasteiger partial charge in [-0.25, -0.2) is 0 Å². The summed E-state index contributed by atoms with van der Waals surface area (Å²) in [5.74, 6) is -0.656. The van der Waals surface area contributed by atoms with Crippen LogP contribution in [0.5, 0.6) is 5.75 Å². The van der Waals surface area contributed by atoms with E-state index >= 15 is 0 Å². The first-order valence-corrected chi connectivity index (χ1v) is 8.75. The van der Waals surface area contributed by atoms with Crippen molar-refractivity contribution in [1.82, 2.24) is 5.32 Å². The molecule has 1 aliphatic rings. The molecule has 0 heterocycles. The van der Waals surface area contributed by atoms with E-state index in [4.69, 9.17) is 0 Å². The van der Waals surface area contributed by atoms with Crippen LogP contribution in [0.15, 0.2) is 42.5 Å². The van der Waals surface area contributed by atoms with Crippen molar-refractivity contribution in [3.8, 4) is 5.75 Å². The lowest BCUT2D eigenvalue weighted by molar-refractivity contribution is -0.274. The van der Waals surface area contributed by atoms with E-state index in [1.165, 1.54) is 23.3 Å². The van der Waals surface area contributed by atoms with E-state index in [1.54, 1.807) is 6.07 Å². The molecule has 2 aromatic carbocycles. The van der Waals surface area contributed by atoms with Gasteiger partial charge >= 0.3 is 6.36 Å². The Labute approximate surface area is 155 Å². The van der Waals surface area contributed by atoms with Crippen LogP contribution in [0.1, 0.15) is 46.0 Å². The van der Waals surface area contributed by atoms with Crippen molar-refractivity contribution in [2.75, 3.05) is 6.54 Å². The molecule has 27 heavy (non-hydrogen) atoms. The van der Waals surface area contributed by atoms with Gasteiger partial charge in [0.25, 0.3) is 5.91 Å². The summed E-state index contributed by atoms with van der Waals surface area (Å²) in [6.45, 7) is -0.0462. The molecule has 2 N–H and O–H groups in total. The van der Waals surface area contributed by atoms with Gasteiger partial charge in [0.1, 0.15) is 5.75 Å². The highest BCUT2D eigenvalue weighted by molar-refractivity contribution is 5.94. The zero-order valence-electron chi connectivity index (χ0n) is 14.6. The fourth-order valence-corrected chi connectivity index (χ4v) is 3.18. The number of amides is 1. The van der Waals surface area contributed by atoms with Gasteiger partial charge in [-0.05, 0) is 66.6 Å². The number of aliphatic hydroxyl groups is 1. The smallest absolute Gasteiger partial charge is 0.406 e. The van der Waals surface area contributed by atoms with Gasteiger partial charge in [-0.3, -0.25) is 4.79 Å². The minimum Gasteiger partial charge on any atom is -0.406 e. The third-order valence-corrected chi connectivity index (χ3v) is 4.57. The van der Waals surface area contributed by atoms with Crippen molar-refractivity contribution >= 4 is 5.91 Å². The van der Waals surface area contributed by atoms with Crippen LogP contribution in [0, 0.1) is 0 Å². The molecule has 4 nitrogen and oxygen atoms in total. The monoisotopic (exact) mass is 379 g/mol. The Morgan fingerprint density at radius 2 is 1.74 bits per heavy atom. The number of ether oxygens (including phenoxy) is 1. The molecule has 0 spiro atoms. The van der Waals surface area contributed by atoms with Gasteiger partial charge in [0.2, 0.25) is 0 Å². The highest BCUT2D eigenvalue weighted by atomic mass is 19.4. The van der Waals surface area contributed by atoms with E-state index in [0.717, 1.165) is 37.8 Å². The number of aryl methyl sites for hydroxylation is 2. The number of carbonyl (C=O) groups is 1. The van der Waals surface area contributed by atoms with Crippen molar-refractivity contribution in [3.05, 3.63) is 64.7 Å². The largest absolute Gasteiger partial charge is 0.573 e. The molecule has 3 rings (SSSR count). The molecule has 0 fully saturated rings. The summed E-state index contributed by atoms with van der Waals surface area (Å²) in [7, 11) is 0. The number of rotatable bonds is 5. The SMILES string of the molecule is O=C(NCC(O)c1ccc(OC(F)(F)F)cc1)c1ccc2c(c1)CCCC2. The highest BCUT2D eigenvalue weighted by Crippen LogP contribution is 2.25. The number of aliphatic hydroxyl groups excluding tert-OH is 1. The molecule has 1 atom stereocenters. The molecule has 1 aliphatic carbocycles. The molecule has 0 saturated heterocycles. The van der Waals surface area contributed by atoms with Gasteiger partial charge < -0.3 is 15.2 Å². The second-order valence-electron chi connectivity index (χ2n) is 6.53. The first-order valence-electron chi connectivity index (χ1n) is 8.75. The summed E-state index contributed by atoms with van der Waals surface area (Å²) in [6, 6.07) is 10.5. The lowest BCUT2D eigenvalue weighted by Gasteiger charge is -2.17. The van der Waals surface area contributed by atoms with Crippen LogP contribution in [0.3, 0.4) is 0 Å². The third-order valence-electron chi connectivity index (χ3n) is 4.57. The minimum atomic E-state index is -4.76. The molecule has 2 aromatic rings. The molecule has 0 saturated carbocycles. The Morgan fingerprint density at radius 1 is 1.07 bits per heavy atom. The first kappa shape index (κ1) is 19.2. The lowest BCUT2D eigenvalue weighted by Crippen LogP contribution is -2.28. The Morgan fingerprint density at radius 3 is 2.41 bits per heavy atom. The van der Waals surface area contributed by atoms with Crippen molar-refractivity contribution in [2.45, 2.75) is 38.1 Å². The number of fused-ring (bicyclic) bond motifs is 1. The van der Waals surface area contributed by atoms with Crippen molar-refractivity contribution in [1.29, 1.82) is 0 Å². The van der Waals surface area contributed by atoms with Gasteiger partial charge in [-0.1, -0.05) is 18.2 Å². The second-order valence-corrected chi connectivity index (χ2v) is 6.53. The van der Waals surface area contributed by atoms with Crippen molar-refractivity contribution < 1.29 is 27.8 Å². The maximum atomic E-state index is 12.3. The Hall–Kier alpha value is -2.54. The number of carbonyl (C=O) groups excluding carboxylic acids is 1. The molecule has 7 heteroatoms. The van der Waals surface area contributed by atoms with Crippen molar-refractivity contribution in [3.63, 3.8) is 0 Å². The van der Waals surface area contributed by atoms with Crippen LogP contribution in [0.4, 0.5) is 13.2 Å². The van der Waals surface area contributed by atoms with Crippen LogP contribution in [-0.4, -0.2) is 23.9 Å². The van der Waals surface area contributed by atoms with E-state index < -0.39 is 12.5 Å². The average Bonchev–Trinajstić information content (AvgIpc) is 2.64. The number of hydrogen-bond donors (Lipinski definition) is 2. The van der Waals surface area contributed by atoms with Gasteiger partial charge in [0.05, 0.1) is 6.10 Å². The molecule has 1 unspecified atom stereocenters. The molecule has 0 aromatic heterocycles. The Balaban J connectivity index is 1.57. The average molecular weight is 379 g/mol. The Kier molecular flexibility index (Phi) is 5.70. The van der Waals surface area contributed by atoms with Crippen molar-refractivity contribution in [2.24, 2.45) is 0 Å². The molecule has 0 aliphatic heterocycles. The quantitative estimate of drug-likeness (QED) is 0.828. The normalized spacial score (nSPS) is 15.0. The number of alkyl halides is 3. The van der Waals surface area contributed by atoms with Gasteiger partial charge in [-0.15, -0.1) is 13.2 Å². The van der Waals surface area contributed by atoms with Crippen LogP contribution >= 0.6 is 0 Å². The fraction of sp³-hybridized carbons (Fsp3) is 0.350. The van der Waals surface area contributed by atoms with Crippen LogP contribution in [-0.2, 0) is 12.8 Å². The topological polar surface area (TPSA) is 58.6 Å². The summed E-state index contributed by atoms with van der Waals surface area (Å²) in [4.78, 5) is 12.3. The first-order chi connectivity index (χ1) is 12.8. The van der Waals surface area contributed by atoms with Gasteiger partial charge in [-0.2, -0.15) is 0 Å². The highest BCUT2D eigenvalue weighted by Gasteiger charge is 2.31. The zero-order valence-corrected chi connectivity index (χ0v) is 14.6. The molecule has 0 radical (unpaired) electrons. The van der Waals surface area contributed by atoms with E-state index in [1.807, 2.05) is 12.1 Å². The molecule has 1 amide bonds. The fourth-order valence-electron chi connectivity index (χ4n) is 3.18. The maximum Gasteiger partial charge on any atom is 0.573 e. The third kappa shape index (κ3) is 5.23.